The third-order valence-corrected chi connectivity index (χ3v) is 5.36. The van der Waals surface area contributed by atoms with Crippen LogP contribution in [-0.2, 0) is 4.79 Å². The van der Waals surface area contributed by atoms with Gasteiger partial charge in [-0.25, -0.2) is 9.78 Å². The van der Waals surface area contributed by atoms with Gasteiger partial charge in [-0.2, -0.15) is 0 Å². The molecule has 2 aromatic carbocycles. The number of likely N-dealkylation sites (N-methyl/N-ethyl adjacent to an activating group) is 1. The maximum absolute atomic E-state index is 12.2. The zero-order valence-electron chi connectivity index (χ0n) is 14.7. The Morgan fingerprint density at radius 1 is 1.12 bits per heavy atom. The Morgan fingerprint density at radius 3 is 2.54 bits per heavy atom. The van der Waals surface area contributed by atoms with Crippen LogP contribution in [0.15, 0.2) is 54.6 Å². The fourth-order valence-electron chi connectivity index (χ4n) is 2.55. The lowest BCUT2D eigenvalue weighted by molar-refractivity contribution is -0.902. The van der Waals surface area contributed by atoms with Crippen LogP contribution in [0.4, 0.5) is 10.5 Å². The maximum atomic E-state index is 12.2. The van der Waals surface area contributed by atoms with Crippen molar-refractivity contribution in [3.8, 4) is 0 Å². The standard InChI is InChI=1S/C19H20N4O2S/c1-13(18-21-15-10-6-7-11-16(15)26-18)23(2)12-17(24)22-19(25)20-14-8-4-3-5-9-14/h3-11,13H,12H2,1-2H3,(H2,20,22,24,25)/p+1/t13-/m0/s1. The van der Waals surface area contributed by atoms with Crippen LogP contribution in [0, 0.1) is 0 Å². The van der Waals surface area contributed by atoms with E-state index < -0.39 is 6.03 Å². The molecule has 3 aromatic rings. The molecule has 0 aliphatic carbocycles. The molecule has 3 amide bonds. The number of rotatable bonds is 5. The molecule has 134 valence electrons. The van der Waals surface area contributed by atoms with E-state index in [1.165, 1.54) is 0 Å². The molecule has 0 bridgehead atoms. The van der Waals surface area contributed by atoms with Crippen molar-refractivity contribution in [3.63, 3.8) is 0 Å². The third-order valence-electron chi connectivity index (χ3n) is 4.14. The number of nitrogens with zero attached hydrogens (tertiary/aromatic N) is 1. The Bertz CT molecular complexity index is 877. The van der Waals surface area contributed by atoms with Gasteiger partial charge in [0.05, 0.1) is 17.3 Å². The lowest BCUT2D eigenvalue weighted by Gasteiger charge is -2.19. The van der Waals surface area contributed by atoms with Crippen LogP contribution in [0.25, 0.3) is 10.2 Å². The van der Waals surface area contributed by atoms with Crippen molar-refractivity contribution in [1.82, 2.24) is 10.3 Å². The van der Waals surface area contributed by atoms with Crippen LogP contribution in [0.2, 0.25) is 0 Å². The number of nitrogens with one attached hydrogen (secondary N) is 3. The molecule has 0 radical (unpaired) electrons. The molecular formula is C19H21N4O2S+. The van der Waals surface area contributed by atoms with Gasteiger partial charge in [-0.05, 0) is 31.2 Å². The lowest BCUT2D eigenvalue weighted by atomic mass is 10.3. The Morgan fingerprint density at radius 2 is 1.81 bits per heavy atom. The minimum absolute atomic E-state index is 0.0512. The summed E-state index contributed by atoms with van der Waals surface area (Å²) in [6.07, 6.45) is 0. The maximum Gasteiger partial charge on any atom is 0.326 e. The van der Waals surface area contributed by atoms with Crippen LogP contribution in [-0.4, -0.2) is 30.5 Å². The van der Waals surface area contributed by atoms with Gasteiger partial charge in [0, 0.05) is 5.69 Å². The second kappa shape index (κ2) is 8.07. The van der Waals surface area contributed by atoms with Crippen LogP contribution >= 0.6 is 11.3 Å². The minimum Gasteiger partial charge on any atom is -0.322 e. The second-order valence-corrected chi connectivity index (χ2v) is 7.20. The van der Waals surface area contributed by atoms with E-state index in [-0.39, 0.29) is 18.5 Å². The van der Waals surface area contributed by atoms with E-state index in [0.29, 0.717) is 5.69 Å². The van der Waals surface area contributed by atoms with E-state index in [1.54, 1.807) is 23.5 Å². The highest BCUT2D eigenvalue weighted by Gasteiger charge is 2.22. The predicted molar refractivity (Wildman–Crippen MR) is 103 cm³/mol. The highest BCUT2D eigenvalue weighted by atomic mass is 32.1. The number of amides is 3. The number of carbonyl (C=O) groups is 2. The first-order valence-electron chi connectivity index (χ1n) is 8.36. The first kappa shape index (κ1) is 18.0. The number of fused-ring (bicyclic) bond motifs is 1. The fraction of sp³-hybridized carbons (Fsp3) is 0.211. The van der Waals surface area contributed by atoms with Crippen LogP contribution in [0.5, 0.6) is 0 Å². The molecule has 3 rings (SSSR count). The van der Waals surface area contributed by atoms with Crippen LogP contribution in [0.1, 0.15) is 18.0 Å². The quantitative estimate of drug-likeness (QED) is 0.645. The molecular weight excluding hydrogens is 348 g/mol. The number of hydrogen-bond donors (Lipinski definition) is 3. The first-order chi connectivity index (χ1) is 12.5. The normalized spacial score (nSPS) is 13.2. The number of hydrogen-bond acceptors (Lipinski definition) is 4. The number of imide groups is 1. The summed E-state index contributed by atoms with van der Waals surface area (Å²) >= 11 is 1.63. The van der Waals surface area contributed by atoms with Crippen LogP contribution < -0.4 is 15.5 Å². The van der Waals surface area contributed by atoms with Gasteiger partial charge in [-0.1, -0.05) is 30.3 Å². The summed E-state index contributed by atoms with van der Waals surface area (Å²) in [5, 5.41) is 5.98. The van der Waals surface area contributed by atoms with Gasteiger partial charge in [0.2, 0.25) is 0 Å². The zero-order chi connectivity index (χ0) is 18.5. The van der Waals surface area contributed by atoms with Gasteiger partial charge in [0.25, 0.3) is 5.91 Å². The smallest absolute Gasteiger partial charge is 0.322 e. The Hall–Kier alpha value is -2.77. The molecule has 26 heavy (non-hydrogen) atoms. The average molecular weight is 369 g/mol. The van der Waals surface area contributed by atoms with E-state index in [2.05, 4.69) is 15.6 Å². The lowest BCUT2D eigenvalue weighted by Crippen LogP contribution is -3.10. The number of aromatic nitrogens is 1. The van der Waals surface area contributed by atoms with Crippen molar-refractivity contribution in [1.29, 1.82) is 0 Å². The molecule has 0 aliphatic heterocycles. The van der Waals surface area contributed by atoms with Crippen molar-refractivity contribution in [2.75, 3.05) is 18.9 Å². The largest absolute Gasteiger partial charge is 0.326 e. The Kier molecular flexibility index (Phi) is 5.60. The van der Waals surface area contributed by atoms with E-state index in [1.807, 2.05) is 56.4 Å². The number of urea groups is 1. The number of carbonyl (C=O) groups excluding carboxylic acids is 2. The van der Waals surface area contributed by atoms with Crippen LogP contribution in [0.3, 0.4) is 0 Å². The van der Waals surface area contributed by atoms with Gasteiger partial charge in [-0.15, -0.1) is 11.3 Å². The van der Waals surface area contributed by atoms with Gasteiger partial charge in [0.1, 0.15) is 6.04 Å². The monoisotopic (exact) mass is 369 g/mol. The fourth-order valence-corrected chi connectivity index (χ4v) is 3.66. The molecule has 1 aromatic heterocycles. The summed E-state index contributed by atoms with van der Waals surface area (Å²) in [5.41, 5.74) is 1.61. The molecule has 0 saturated heterocycles. The highest BCUT2D eigenvalue weighted by Crippen LogP contribution is 2.24. The van der Waals surface area contributed by atoms with Crippen molar-refractivity contribution in [2.24, 2.45) is 0 Å². The number of anilines is 1. The first-order valence-corrected chi connectivity index (χ1v) is 9.18. The molecule has 0 aliphatic rings. The predicted octanol–water partition coefficient (Wildman–Crippen LogP) is 2.22. The van der Waals surface area contributed by atoms with E-state index in [4.69, 9.17) is 0 Å². The van der Waals surface area contributed by atoms with Gasteiger partial charge in [0.15, 0.2) is 11.6 Å². The highest BCUT2D eigenvalue weighted by molar-refractivity contribution is 7.18. The molecule has 0 saturated carbocycles. The summed E-state index contributed by atoms with van der Waals surface area (Å²) < 4.78 is 1.13. The summed E-state index contributed by atoms with van der Waals surface area (Å²) in [6, 6.07) is 16.5. The van der Waals surface area contributed by atoms with E-state index >= 15 is 0 Å². The molecule has 0 fully saturated rings. The SMILES string of the molecule is C[C@@H](c1nc2ccccc2s1)[NH+](C)CC(=O)NC(=O)Nc1ccccc1. The molecule has 7 heteroatoms. The van der Waals surface area contributed by atoms with Gasteiger partial charge >= 0.3 is 6.03 Å². The molecule has 1 unspecified atom stereocenters. The summed E-state index contributed by atoms with van der Waals surface area (Å²) in [6.45, 7) is 2.21. The Labute approximate surface area is 155 Å². The second-order valence-electron chi connectivity index (χ2n) is 6.13. The Balaban J connectivity index is 1.55. The molecule has 3 N–H and O–H groups in total. The van der Waals surface area contributed by atoms with E-state index in [9.17, 15) is 9.59 Å². The summed E-state index contributed by atoms with van der Waals surface area (Å²) in [4.78, 5) is 29.7. The zero-order valence-corrected chi connectivity index (χ0v) is 15.5. The molecule has 1 heterocycles. The number of thiazole rings is 1. The third kappa shape index (κ3) is 4.44. The number of quaternary nitrogens is 1. The molecule has 6 nitrogen and oxygen atoms in total. The van der Waals surface area contributed by atoms with Crippen molar-refractivity contribution in [2.45, 2.75) is 13.0 Å². The molecule has 2 atom stereocenters. The van der Waals surface area contributed by atoms with Crippen molar-refractivity contribution in [3.05, 3.63) is 59.6 Å². The average Bonchev–Trinajstić information content (AvgIpc) is 3.05. The van der Waals surface area contributed by atoms with Gasteiger partial charge in [-0.3, -0.25) is 10.1 Å². The van der Waals surface area contributed by atoms with Crippen molar-refractivity contribution < 1.29 is 14.5 Å². The molecule has 0 spiro atoms. The van der Waals surface area contributed by atoms with E-state index in [0.717, 1.165) is 20.1 Å². The summed E-state index contributed by atoms with van der Waals surface area (Å²) in [5.74, 6) is -0.330. The summed E-state index contributed by atoms with van der Waals surface area (Å²) in [7, 11) is 1.92. The topological polar surface area (TPSA) is 75.5 Å². The minimum atomic E-state index is -0.526. The number of benzene rings is 2. The van der Waals surface area contributed by atoms with Crippen molar-refractivity contribution >= 4 is 39.2 Å². The number of para-hydroxylation sites is 2. The van der Waals surface area contributed by atoms with Gasteiger partial charge < -0.3 is 10.2 Å².